The van der Waals surface area contributed by atoms with Crippen LogP contribution in [0.1, 0.15) is 59.7 Å². The van der Waals surface area contributed by atoms with Crippen LogP contribution in [0.3, 0.4) is 0 Å². The average molecular weight is 411 g/mol. The maximum Gasteiger partial charge on any atom is 0.251 e. The Morgan fingerprint density at radius 2 is 2.00 bits per heavy atom. The summed E-state index contributed by atoms with van der Waals surface area (Å²) in [5, 5.41) is 11.7. The molecule has 0 saturated carbocycles. The van der Waals surface area contributed by atoms with Crippen LogP contribution < -0.4 is 10.1 Å². The maximum atomic E-state index is 12.4. The first kappa shape index (κ1) is 22.3. The van der Waals surface area contributed by atoms with Gasteiger partial charge in [0, 0.05) is 25.1 Å². The van der Waals surface area contributed by atoms with Crippen LogP contribution in [0.2, 0.25) is 0 Å². The second-order valence-electron chi connectivity index (χ2n) is 7.98. The molecule has 0 fully saturated rings. The highest BCUT2D eigenvalue weighted by atomic mass is 16.5. The molecule has 0 radical (unpaired) electrons. The first-order chi connectivity index (χ1) is 14.7. The number of nitrogens with zero attached hydrogens (tertiary/aromatic N) is 1. The van der Waals surface area contributed by atoms with Crippen molar-refractivity contribution in [1.82, 2.24) is 10.2 Å². The predicted octanol–water partition coefficient (Wildman–Crippen LogP) is 3.77. The molecule has 5 heteroatoms. The van der Waals surface area contributed by atoms with E-state index in [9.17, 15) is 4.79 Å². The van der Waals surface area contributed by atoms with Gasteiger partial charge in [0.05, 0.1) is 13.2 Å². The summed E-state index contributed by atoms with van der Waals surface area (Å²) in [5.74, 6) is 0.680. The summed E-state index contributed by atoms with van der Waals surface area (Å²) in [6, 6.07) is 14.4. The first-order valence-electron chi connectivity index (χ1n) is 11.1. The molecule has 1 aliphatic heterocycles. The molecule has 1 amide bonds. The molecule has 0 aliphatic carbocycles. The molecular formula is C25H34N2O3. The number of aliphatic hydroxyl groups excluding tert-OH is 1. The molecule has 2 aromatic rings. The minimum Gasteiger partial charge on any atom is -0.493 e. The van der Waals surface area contributed by atoms with Crippen LogP contribution in [0.15, 0.2) is 42.5 Å². The summed E-state index contributed by atoms with van der Waals surface area (Å²) in [4.78, 5) is 14.9. The fourth-order valence-corrected chi connectivity index (χ4v) is 3.97. The fraction of sp³-hybridized carbons (Fsp3) is 0.480. The second-order valence-corrected chi connectivity index (χ2v) is 7.98. The van der Waals surface area contributed by atoms with E-state index in [1.54, 1.807) is 6.07 Å². The van der Waals surface area contributed by atoms with Crippen molar-refractivity contribution in [3.8, 4) is 5.75 Å². The zero-order chi connectivity index (χ0) is 21.2. The summed E-state index contributed by atoms with van der Waals surface area (Å²) < 4.78 is 6.11. The van der Waals surface area contributed by atoms with Crippen molar-refractivity contribution >= 4 is 5.91 Å². The van der Waals surface area contributed by atoms with E-state index in [4.69, 9.17) is 9.84 Å². The molecule has 0 unspecified atom stereocenters. The Morgan fingerprint density at radius 3 is 2.83 bits per heavy atom. The van der Waals surface area contributed by atoms with Gasteiger partial charge in [0.15, 0.2) is 0 Å². The standard InChI is InChI=1S/C25H34N2O3/c1-2-12-27-13-4-3-5-15-30-24-10-9-22(25(29)26-11-14-28)18-23(24)17-20-7-6-8-21(16-20)19-27/h6-10,16,18,28H,2-5,11-15,17,19H2,1H3,(H,26,29). The monoisotopic (exact) mass is 410 g/mol. The number of carbonyl (C=O) groups is 1. The van der Waals surface area contributed by atoms with Crippen LogP contribution >= 0.6 is 0 Å². The summed E-state index contributed by atoms with van der Waals surface area (Å²) >= 11 is 0. The number of rotatable bonds is 5. The third-order valence-electron chi connectivity index (χ3n) is 5.43. The number of benzene rings is 2. The first-order valence-corrected chi connectivity index (χ1v) is 11.1. The number of hydrogen-bond donors (Lipinski definition) is 2. The van der Waals surface area contributed by atoms with E-state index in [-0.39, 0.29) is 19.1 Å². The highest BCUT2D eigenvalue weighted by Crippen LogP contribution is 2.25. The van der Waals surface area contributed by atoms with Gasteiger partial charge in [-0.25, -0.2) is 0 Å². The van der Waals surface area contributed by atoms with Crippen LogP contribution in [0.4, 0.5) is 0 Å². The van der Waals surface area contributed by atoms with Crippen molar-refractivity contribution < 1.29 is 14.6 Å². The topological polar surface area (TPSA) is 61.8 Å². The summed E-state index contributed by atoms with van der Waals surface area (Å²) in [5.41, 5.74) is 4.17. The Hall–Kier alpha value is -2.37. The Balaban J connectivity index is 1.87. The minimum absolute atomic E-state index is 0.0678. The molecule has 0 saturated heterocycles. The number of carbonyl (C=O) groups excluding carboxylic acids is 1. The molecule has 0 spiro atoms. The van der Waals surface area contributed by atoms with E-state index in [1.165, 1.54) is 17.5 Å². The van der Waals surface area contributed by atoms with Gasteiger partial charge in [0.25, 0.3) is 5.91 Å². The number of ether oxygens (including phenoxy) is 1. The van der Waals surface area contributed by atoms with Crippen molar-refractivity contribution in [3.05, 3.63) is 64.7 Å². The van der Waals surface area contributed by atoms with Crippen LogP contribution in [-0.2, 0) is 13.0 Å². The van der Waals surface area contributed by atoms with Crippen molar-refractivity contribution in [3.63, 3.8) is 0 Å². The zero-order valence-electron chi connectivity index (χ0n) is 18.0. The molecule has 1 aliphatic rings. The molecular weight excluding hydrogens is 376 g/mol. The van der Waals surface area contributed by atoms with Gasteiger partial charge in [0.1, 0.15) is 5.75 Å². The number of fused-ring (bicyclic) bond motifs is 3. The molecule has 5 nitrogen and oxygen atoms in total. The highest BCUT2D eigenvalue weighted by Gasteiger charge is 2.13. The van der Waals surface area contributed by atoms with E-state index >= 15 is 0 Å². The molecule has 2 aromatic carbocycles. The van der Waals surface area contributed by atoms with Crippen LogP contribution in [0.25, 0.3) is 0 Å². The lowest BCUT2D eigenvalue weighted by Gasteiger charge is -2.22. The SMILES string of the molecule is CCCN1CCCCCOc2ccc(C(=O)NCCO)cc2Cc2cccc(c2)C1. The third kappa shape index (κ3) is 6.57. The van der Waals surface area contributed by atoms with E-state index in [0.717, 1.165) is 56.6 Å². The molecule has 30 heavy (non-hydrogen) atoms. The van der Waals surface area contributed by atoms with Crippen LogP contribution in [0.5, 0.6) is 5.75 Å². The summed E-state index contributed by atoms with van der Waals surface area (Å²) in [6.45, 7) is 6.34. The Labute approximate surface area is 180 Å². The van der Waals surface area contributed by atoms with Crippen molar-refractivity contribution in [2.24, 2.45) is 0 Å². The molecule has 2 bridgehead atoms. The minimum atomic E-state index is -0.171. The molecule has 162 valence electrons. The quantitative estimate of drug-likeness (QED) is 0.788. The Bertz CT molecular complexity index is 822. The van der Waals surface area contributed by atoms with Gasteiger partial charge in [0.2, 0.25) is 0 Å². The number of amides is 1. The highest BCUT2D eigenvalue weighted by molar-refractivity contribution is 5.94. The molecule has 0 atom stereocenters. The van der Waals surface area contributed by atoms with E-state index in [0.29, 0.717) is 12.2 Å². The third-order valence-corrected chi connectivity index (χ3v) is 5.43. The average Bonchev–Trinajstić information content (AvgIpc) is 2.75. The van der Waals surface area contributed by atoms with Gasteiger partial charge in [-0.05, 0) is 73.7 Å². The van der Waals surface area contributed by atoms with E-state index < -0.39 is 0 Å². The van der Waals surface area contributed by atoms with Gasteiger partial charge in [-0.3, -0.25) is 9.69 Å². The maximum absolute atomic E-state index is 12.4. The predicted molar refractivity (Wildman–Crippen MR) is 120 cm³/mol. The van der Waals surface area contributed by atoms with Gasteiger partial charge >= 0.3 is 0 Å². The smallest absolute Gasteiger partial charge is 0.251 e. The number of aliphatic hydroxyl groups is 1. The van der Waals surface area contributed by atoms with Crippen molar-refractivity contribution in [2.45, 2.75) is 45.6 Å². The number of hydrogen-bond acceptors (Lipinski definition) is 4. The second kappa shape index (κ2) is 11.7. The lowest BCUT2D eigenvalue weighted by atomic mass is 9.99. The Kier molecular flexibility index (Phi) is 8.72. The largest absolute Gasteiger partial charge is 0.493 e. The Morgan fingerprint density at radius 1 is 1.13 bits per heavy atom. The van der Waals surface area contributed by atoms with Crippen LogP contribution in [-0.4, -0.2) is 48.8 Å². The summed E-state index contributed by atoms with van der Waals surface area (Å²) in [7, 11) is 0. The lowest BCUT2D eigenvalue weighted by Crippen LogP contribution is -2.26. The van der Waals surface area contributed by atoms with E-state index in [1.807, 2.05) is 12.1 Å². The van der Waals surface area contributed by atoms with Gasteiger partial charge < -0.3 is 15.2 Å². The zero-order valence-corrected chi connectivity index (χ0v) is 18.0. The summed E-state index contributed by atoms with van der Waals surface area (Å²) in [6.07, 6.45) is 5.25. The lowest BCUT2D eigenvalue weighted by molar-refractivity contribution is 0.0944. The normalized spacial score (nSPS) is 15.5. The van der Waals surface area contributed by atoms with Crippen LogP contribution in [0, 0.1) is 0 Å². The van der Waals surface area contributed by atoms with Crippen molar-refractivity contribution in [2.75, 3.05) is 32.8 Å². The van der Waals surface area contributed by atoms with E-state index in [2.05, 4.69) is 41.4 Å². The van der Waals surface area contributed by atoms with Gasteiger partial charge in [-0.1, -0.05) is 31.2 Å². The van der Waals surface area contributed by atoms with Gasteiger partial charge in [-0.2, -0.15) is 0 Å². The molecule has 0 aromatic heterocycles. The number of nitrogens with one attached hydrogen (secondary N) is 1. The van der Waals surface area contributed by atoms with Crippen molar-refractivity contribution in [1.29, 1.82) is 0 Å². The van der Waals surface area contributed by atoms with Gasteiger partial charge in [-0.15, -0.1) is 0 Å². The fourth-order valence-electron chi connectivity index (χ4n) is 3.97. The molecule has 2 N–H and O–H groups in total. The molecule has 3 rings (SSSR count). The molecule has 1 heterocycles.